The standard InChI is InChI=1S/C18H22N4O/c1-13-14(2)20-21-18(17(13)12-19)22(3)11-5-6-15-7-9-16(23-4)10-8-15/h7-10H,5-6,11H2,1-4H3. The maximum Gasteiger partial charge on any atom is 0.169 e. The third-order valence-electron chi connectivity index (χ3n) is 4.03. The van der Waals surface area contributed by atoms with Crippen LogP contribution in [0.2, 0.25) is 0 Å². The Balaban J connectivity index is 1.98. The number of nitriles is 1. The molecule has 5 heteroatoms. The molecule has 0 fully saturated rings. The van der Waals surface area contributed by atoms with E-state index < -0.39 is 0 Å². The summed E-state index contributed by atoms with van der Waals surface area (Å²) in [4.78, 5) is 2.00. The maximum atomic E-state index is 9.37. The maximum absolute atomic E-state index is 9.37. The average Bonchev–Trinajstić information content (AvgIpc) is 2.57. The van der Waals surface area contributed by atoms with Crippen molar-refractivity contribution in [2.45, 2.75) is 26.7 Å². The Kier molecular flexibility index (Phi) is 5.53. The van der Waals surface area contributed by atoms with Crippen LogP contribution in [0.3, 0.4) is 0 Å². The van der Waals surface area contributed by atoms with Crippen LogP contribution < -0.4 is 9.64 Å². The molecule has 0 unspecified atom stereocenters. The van der Waals surface area contributed by atoms with Crippen LogP contribution in [0.1, 0.15) is 28.8 Å². The van der Waals surface area contributed by atoms with Gasteiger partial charge in [-0.3, -0.25) is 0 Å². The van der Waals surface area contributed by atoms with Crippen LogP contribution in [0.25, 0.3) is 0 Å². The summed E-state index contributed by atoms with van der Waals surface area (Å²) < 4.78 is 5.16. The smallest absolute Gasteiger partial charge is 0.169 e. The highest BCUT2D eigenvalue weighted by Gasteiger charge is 2.14. The lowest BCUT2D eigenvalue weighted by Crippen LogP contribution is -2.22. The van der Waals surface area contributed by atoms with E-state index in [4.69, 9.17) is 4.74 Å². The van der Waals surface area contributed by atoms with Gasteiger partial charge in [-0.1, -0.05) is 12.1 Å². The van der Waals surface area contributed by atoms with Crippen LogP contribution in [0, 0.1) is 25.2 Å². The number of aryl methyl sites for hydroxylation is 2. The topological polar surface area (TPSA) is 62.0 Å². The molecule has 1 aromatic heterocycles. The van der Waals surface area contributed by atoms with Gasteiger partial charge < -0.3 is 9.64 Å². The molecule has 0 aliphatic carbocycles. The van der Waals surface area contributed by atoms with Crippen molar-refractivity contribution in [3.8, 4) is 11.8 Å². The molecule has 5 nitrogen and oxygen atoms in total. The van der Waals surface area contributed by atoms with Gasteiger partial charge >= 0.3 is 0 Å². The van der Waals surface area contributed by atoms with Gasteiger partial charge in [-0.05, 0) is 49.9 Å². The summed E-state index contributed by atoms with van der Waals surface area (Å²) in [6, 6.07) is 10.4. The first kappa shape index (κ1) is 16.8. The molecular formula is C18H22N4O. The highest BCUT2D eigenvalue weighted by Crippen LogP contribution is 2.20. The fourth-order valence-electron chi connectivity index (χ4n) is 2.42. The van der Waals surface area contributed by atoms with E-state index in [-0.39, 0.29) is 0 Å². The van der Waals surface area contributed by atoms with Gasteiger partial charge in [0.05, 0.1) is 12.8 Å². The van der Waals surface area contributed by atoms with E-state index in [2.05, 4.69) is 28.4 Å². The number of methoxy groups -OCH3 is 1. The zero-order valence-electron chi connectivity index (χ0n) is 14.1. The molecule has 1 heterocycles. The summed E-state index contributed by atoms with van der Waals surface area (Å²) in [5.41, 5.74) is 3.59. The molecule has 0 bridgehead atoms. The molecule has 23 heavy (non-hydrogen) atoms. The average molecular weight is 310 g/mol. The van der Waals surface area contributed by atoms with E-state index in [0.717, 1.165) is 36.4 Å². The number of nitrogens with zero attached hydrogens (tertiary/aromatic N) is 4. The summed E-state index contributed by atoms with van der Waals surface area (Å²) in [6.45, 7) is 4.60. The lowest BCUT2D eigenvalue weighted by atomic mass is 10.1. The molecular weight excluding hydrogens is 288 g/mol. The van der Waals surface area contributed by atoms with Crippen molar-refractivity contribution in [3.63, 3.8) is 0 Å². The van der Waals surface area contributed by atoms with E-state index in [0.29, 0.717) is 11.4 Å². The Bertz CT molecular complexity index is 704. The summed E-state index contributed by atoms with van der Waals surface area (Å²) in [5, 5.41) is 17.7. The number of aromatic nitrogens is 2. The molecule has 120 valence electrons. The second-order valence-electron chi connectivity index (χ2n) is 5.59. The zero-order valence-corrected chi connectivity index (χ0v) is 14.1. The minimum Gasteiger partial charge on any atom is -0.497 e. The Morgan fingerprint density at radius 1 is 1.17 bits per heavy atom. The molecule has 0 aliphatic heterocycles. The monoisotopic (exact) mass is 310 g/mol. The summed E-state index contributed by atoms with van der Waals surface area (Å²) in [5.74, 6) is 1.53. The second kappa shape index (κ2) is 7.59. The lowest BCUT2D eigenvalue weighted by Gasteiger charge is -2.19. The van der Waals surface area contributed by atoms with Crippen molar-refractivity contribution in [2.24, 2.45) is 0 Å². The fraction of sp³-hybridized carbons (Fsp3) is 0.389. The number of hydrogen-bond acceptors (Lipinski definition) is 5. The van der Waals surface area contributed by atoms with Crippen LogP contribution in [0.5, 0.6) is 5.75 Å². The van der Waals surface area contributed by atoms with E-state index in [9.17, 15) is 5.26 Å². The van der Waals surface area contributed by atoms with Crippen molar-refractivity contribution < 1.29 is 4.74 Å². The first-order valence-corrected chi connectivity index (χ1v) is 7.65. The van der Waals surface area contributed by atoms with Crippen molar-refractivity contribution in [1.29, 1.82) is 5.26 Å². The highest BCUT2D eigenvalue weighted by atomic mass is 16.5. The van der Waals surface area contributed by atoms with Crippen LogP contribution in [-0.4, -0.2) is 30.9 Å². The second-order valence-corrected chi connectivity index (χ2v) is 5.59. The lowest BCUT2D eigenvalue weighted by molar-refractivity contribution is 0.414. The predicted octanol–water partition coefficient (Wildman–Crippen LogP) is 3.04. The first-order valence-electron chi connectivity index (χ1n) is 7.65. The number of anilines is 1. The predicted molar refractivity (Wildman–Crippen MR) is 90.8 cm³/mol. The fourth-order valence-corrected chi connectivity index (χ4v) is 2.42. The molecule has 0 amide bonds. The largest absolute Gasteiger partial charge is 0.497 e. The van der Waals surface area contributed by atoms with Gasteiger partial charge in [0.25, 0.3) is 0 Å². The number of benzene rings is 1. The van der Waals surface area contributed by atoms with E-state index >= 15 is 0 Å². The Morgan fingerprint density at radius 2 is 1.87 bits per heavy atom. The molecule has 0 aliphatic rings. The minimum absolute atomic E-state index is 0.615. The first-order chi connectivity index (χ1) is 11.1. The van der Waals surface area contributed by atoms with Gasteiger partial charge in [-0.2, -0.15) is 10.4 Å². The van der Waals surface area contributed by atoms with E-state index in [1.807, 2.05) is 37.9 Å². The number of ether oxygens (including phenoxy) is 1. The SMILES string of the molecule is COc1ccc(CCCN(C)c2nnc(C)c(C)c2C#N)cc1. The van der Waals surface area contributed by atoms with Gasteiger partial charge in [-0.25, -0.2) is 0 Å². The Morgan fingerprint density at radius 3 is 2.48 bits per heavy atom. The Labute approximate surface area is 137 Å². The molecule has 1 aromatic carbocycles. The summed E-state index contributed by atoms with van der Waals surface area (Å²) in [6.07, 6.45) is 1.94. The van der Waals surface area contributed by atoms with E-state index in [1.165, 1.54) is 5.56 Å². The molecule has 0 saturated carbocycles. The third-order valence-corrected chi connectivity index (χ3v) is 4.03. The number of rotatable bonds is 6. The van der Waals surface area contributed by atoms with Crippen molar-refractivity contribution in [3.05, 3.63) is 46.6 Å². The van der Waals surface area contributed by atoms with Crippen LogP contribution in [-0.2, 0) is 6.42 Å². The molecule has 0 spiro atoms. The van der Waals surface area contributed by atoms with Crippen LogP contribution in [0.4, 0.5) is 5.82 Å². The van der Waals surface area contributed by atoms with Gasteiger partial charge in [0.2, 0.25) is 0 Å². The normalized spacial score (nSPS) is 10.2. The Hall–Kier alpha value is -2.61. The van der Waals surface area contributed by atoms with Gasteiger partial charge in [0.1, 0.15) is 17.4 Å². The van der Waals surface area contributed by atoms with Crippen molar-refractivity contribution in [2.75, 3.05) is 25.6 Å². The molecule has 0 N–H and O–H groups in total. The minimum atomic E-state index is 0.615. The third kappa shape index (κ3) is 3.98. The van der Waals surface area contributed by atoms with Crippen molar-refractivity contribution in [1.82, 2.24) is 10.2 Å². The molecule has 2 rings (SSSR count). The van der Waals surface area contributed by atoms with Crippen molar-refractivity contribution >= 4 is 5.82 Å². The zero-order chi connectivity index (χ0) is 16.8. The summed E-state index contributed by atoms with van der Waals surface area (Å²) in [7, 11) is 3.62. The van der Waals surface area contributed by atoms with Crippen LogP contribution >= 0.6 is 0 Å². The van der Waals surface area contributed by atoms with Crippen LogP contribution in [0.15, 0.2) is 24.3 Å². The highest BCUT2D eigenvalue weighted by molar-refractivity contribution is 5.57. The molecule has 2 aromatic rings. The molecule has 0 atom stereocenters. The number of hydrogen-bond donors (Lipinski definition) is 0. The summed E-state index contributed by atoms with van der Waals surface area (Å²) >= 11 is 0. The molecule has 0 radical (unpaired) electrons. The van der Waals surface area contributed by atoms with Gasteiger partial charge in [-0.15, -0.1) is 5.10 Å². The molecule has 0 saturated heterocycles. The van der Waals surface area contributed by atoms with E-state index in [1.54, 1.807) is 7.11 Å². The quantitative estimate of drug-likeness (QED) is 0.820. The van der Waals surface area contributed by atoms with Gasteiger partial charge in [0, 0.05) is 13.6 Å². The van der Waals surface area contributed by atoms with Gasteiger partial charge in [0.15, 0.2) is 5.82 Å².